The normalized spacial score (nSPS) is 15.2. The van der Waals surface area contributed by atoms with E-state index in [9.17, 15) is 18.8 Å². The summed E-state index contributed by atoms with van der Waals surface area (Å²) in [6, 6.07) is 16.1. The summed E-state index contributed by atoms with van der Waals surface area (Å²) in [6.07, 6.45) is 4.69. The highest BCUT2D eigenvalue weighted by Crippen LogP contribution is 2.26. The molecule has 1 fully saturated rings. The van der Waals surface area contributed by atoms with Crippen LogP contribution in [0.3, 0.4) is 0 Å². The molecule has 1 N–H and O–H groups in total. The van der Waals surface area contributed by atoms with E-state index in [2.05, 4.69) is 5.32 Å². The molecule has 0 atom stereocenters. The first-order valence-corrected chi connectivity index (χ1v) is 10.9. The van der Waals surface area contributed by atoms with Crippen LogP contribution in [0.25, 0.3) is 17.0 Å². The maximum atomic E-state index is 13.8. The number of imide groups is 2. The van der Waals surface area contributed by atoms with Gasteiger partial charge in [-0.2, -0.15) is 0 Å². The van der Waals surface area contributed by atoms with Crippen molar-refractivity contribution < 1.29 is 27.9 Å². The minimum Gasteiger partial charge on any atom is -0.489 e. The number of hydrogen-bond acceptors (Lipinski definition) is 5. The summed E-state index contributed by atoms with van der Waals surface area (Å²) in [5, 5.41) is 3.02. The van der Waals surface area contributed by atoms with Gasteiger partial charge in [0.15, 0.2) is 11.6 Å². The number of fused-ring (bicyclic) bond motifs is 1. The van der Waals surface area contributed by atoms with E-state index in [-0.39, 0.29) is 24.5 Å². The molecule has 1 aliphatic rings. The second-order valence-electron chi connectivity index (χ2n) is 7.86. The molecule has 1 aliphatic heterocycles. The van der Waals surface area contributed by atoms with Crippen molar-refractivity contribution in [1.29, 1.82) is 0 Å². The van der Waals surface area contributed by atoms with Crippen LogP contribution >= 0.6 is 0 Å². The fraction of sp³-hybridized carbons (Fsp3) is 0.115. The van der Waals surface area contributed by atoms with Crippen molar-refractivity contribution in [2.24, 2.45) is 0 Å². The van der Waals surface area contributed by atoms with Crippen molar-refractivity contribution in [3.8, 4) is 5.75 Å². The molecule has 1 saturated heterocycles. The fourth-order valence-corrected chi connectivity index (χ4v) is 3.94. The molecule has 2 aromatic heterocycles. The van der Waals surface area contributed by atoms with Gasteiger partial charge in [0.25, 0.3) is 11.8 Å². The number of para-hydroxylation sites is 2. The van der Waals surface area contributed by atoms with Gasteiger partial charge in [-0.3, -0.25) is 19.8 Å². The summed E-state index contributed by atoms with van der Waals surface area (Å²) in [4.78, 5) is 38.8. The van der Waals surface area contributed by atoms with Crippen molar-refractivity contribution in [2.45, 2.75) is 13.1 Å². The molecule has 0 unspecified atom stereocenters. The van der Waals surface area contributed by atoms with Gasteiger partial charge in [-0.1, -0.05) is 30.3 Å². The van der Waals surface area contributed by atoms with E-state index in [1.54, 1.807) is 36.5 Å². The van der Waals surface area contributed by atoms with Crippen molar-refractivity contribution in [3.63, 3.8) is 0 Å². The monoisotopic (exact) mass is 473 g/mol. The molecule has 2 aromatic carbocycles. The Morgan fingerprint density at radius 2 is 1.80 bits per heavy atom. The number of barbiturate groups is 1. The van der Waals surface area contributed by atoms with E-state index < -0.39 is 23.7 Å². The van der Waals surface area contributed by atoms with E-state index in [0.717, 1.165) is 15.8 Å². The van der Waals surface area contributed by atoms with Crippen LogP contribution in [0.5, 0.6) is 5.75 Å². The fourth-order valence-electron chi connectivity index (χ4n) is 3.94. The molecule has 176 valence electrons. The lowest BCUT2D eigenvalue weighted by atomic mass is 10.1. The summed E-state index contributed by atoms with van der Waals surface area (Å²) < 4.78 is 26.6. The average molecular weight is 473 g/mol. The summed E-state index contributed by atoms with van der Waals surface area (Å²) in [7, 11) is 0. The maximum Gasteiger partial charge on any atom is 0.331 e. The topological polar surface area (TPSA) is 93.8 Å². The first-order valence-electron chi connectivity index (χ1n) is 10.9. The van der Waals surface area contributed by atoms with Crippen LogP contribution in [0.2, 0.25) is 0 Å². The lowest BCUT2D eigenvalue weighted by molar-refractivity contribution is -0.130. The Kier molecular flexibility index (Phi) is 5.88. The quantitative estimate of drug-likeness (QED) is 0.322. The zero-order valence-electron chi connectivity index (χ0n) is 18.4. The van der Waals surface area contributed by atoms with Gasteiger partial charge in [0, 0.05) is 22.7 Å². The van der Waals surface area contributed by atoms with E-state index in [1.807, 2.05) is 28.8 Å². The third-order valence-electron chi connectivity index (χ3n) is 5.63. The highest BCUT2D eigenvalue weighted by molar-refractivity contribution is 6.31. The zero-order chi connectivity index (χ0) is 24.4. The Hall–Kier alpha value is -4.66. The third kappa shape index (κ3) is 4.43. The number of furan rings is 1. The highest BCUT2D eigenvalue weighted by atomic mass is 19.1. The minimum absolute atomic E-state index is 0.0998. The molecule has 4 aromatic rings. The van der Waals surface area contributed by atoms with E-state index >= 15 is 0 Å². The predicted molar refractivity (Wildman–Crippen MR) is 125 cm³/mol. The largest absolute Gasteiger partial charge is 0.489 e. The Morgan fingerprint density at radius 3 is 2.60 bits per heavy atom. The van der Waals surface area contributed by atoms with Gasteiger partial charge >= 0.3 is 6.03 Å². The standard InChI is InChI=1S/C26H20FN3O5/c27-21-8-2-4-10-23(21)35-13-11-29-15-17(19-7-1-3-9-22(19)29)14-20-24(31)28-26(33)30(25(20)32)16-18-6-5-12-34-18/h1-10,12,14-15H,11,13,16H2,(H,28,31,33). The lowest BCUT2D eigenvalue weighted by Crippen LogP contribution is -2.53. The number of nitrogens with zero attached hydrogens (tertiary/aromatic N) is 2. The lowest BCUT2D eigenvalue weighted by Gasteiger charge is -2.25. The SMILES string of the molecule is O=C1NC(=O)N(Cc2ccco2)C(=O)C1=Cc1cn(CCOc2ccccc2F)c2ccccc12. The van der Waals surface area contributed by atoms with Crippen LogP contribution in [0.4, 0.5) is 9.18 Å². The number of amides is 4. The number of benzene rings is 2. The predicted octanol–water partition coefficient (Wildman–Crippen LogP) is 4.11. The van der Waals surface area contributed by atoms with Gasteiger partial charge in [0.2, 0.25) is 0 Å². The van der Waals surface area contributed by atoms with Crippen molar-refractivity contribution in [1.82, 2.24) is 14.8 Å². The van der Waals surface area contributed by atoms with Crippen LogP contribution in [-0.2, 0) is 22.7 Å². The van der Waals surface area contributed by atoms with Gasteiger partial charge in [-0.25, -0.2) is 9.18 Å². The van der Waals surface area contributed by atoms with Crippen LogP contribution in [0, 0.1) is 5.82 Å². The van der Waals surface area contributed by atoms with Crippen LogP contribution in [0.1, 0.15) is 11.3 Å². The highest BCUT2D eigenvalue weighted by Gasteiger charge is 2.36. The molecule has 4 amide bonds. The number of halogens is 1. The van der Waals surface area contributed by atoms with E-state index in [4.69, 9.17) is 9.15 Å². The summed E-state index contributed by atoms with van der Waals surface area (Å²) in [6.45, 7) is 0.513. The van der Waals surface area contributed by atoms with E-state index in [1.165, 1.54) is 18.4 Å². The number of urea groups is 1. The number of ether oxygens (including phenoxy) is 1. The van der Waals surface area contributed by atoms with Crippen molar-refractivity contribution in [3.05, 3.63) is 95.8 Å². The van der Waals surface area contributed by atoms with Crippen LogP contribution in [0.15, 0.2) is 83.1 Å². The second-order valence-corrected chi connectivity index (χ2v) is 7.86. The summed E-state index contributed by atoms with van der Waals surface area (Å²) >= 11 is 0. The van der Waals surface area contributed by atoms with Gasteiger partial charge in [-0.15, -0.1) is 0 Å². The van der Waals surface area contributed by atoms with Gasteiger partial charge in [0.05, 0.1) is 19.4 Å². The number of carbonyl (C=O) groups is 3. The number of nitrogens with one attached hydrogen (secondary N) is 1. The molecule has 0 bridgehead atoms. The molecule has 3 heterocycles. The molecule has 9 heteroatoms. The molecule has 35 heavy (non-hydrogen) atoms. The van der Waals surface area contributed by atoms with Crippen molar-refractivity contribution in [2.75, 3.05) is 6.61 Å². The summed E-state index contributed by atoms with van der Waals surface area (Å²) in [5.41, 5.74) is 1.31. The molecule has 0 spiro atoms. The second kappa shape index (κ2) is 9.30. The molecule has 0 radical (unpaired) electrons. The molecular formula is C26H20FN3O5. The molecule has 0 aliphatic carbocycles. The Labute approximate surface area is 199 Å². The first-order chi connectivity index (χ1) is 17.0. The number of rotatable bonds is 7. The van der Waals surface area contributed by atoms with Gasteiger partial charge in [0.1, 0.15) is 17.9 Å². The molecular weight excluding hydrogens is 453 g/mol. The van der Waals surface area contributed by atoms with E-state index in [0.29, 0.717) is 17.9 Å². The number of carbonyl (C=O) groups excluding carboxylic acids is 3. The van der Waals surface area contributed by atoms with Gasteiger partial charge < -0.3 is 13.7 Å². The van der Waals surface area contributed by atoms with Crippen LogP contribution in [-0.4, -0.2) is 33.9 Å². The maximum absolute atomic E-state index is 13.8. The molecule has 0 saturated carbocycles. The Balaban J connectivity index is 1.42. The zero-order valence-corrected chi connectivity index (χ0v) is 18.4. The smallest absolute Gasteiger partial charge is 0.331 e. The summed E-state index contributed by atoms with van der Waals surface area (Å²) in [5.74, 6) is -1.35. The molecule has 8 nitrogen and oxygen atoms in total. The number of aromatic nitrogens is 1. The first kappa shape index (κ1) is 22.1. The number of hydrogen-bond donors (Lipinski definition) is 1. The minimum atomic E-state index is -0.804. The van der Waals surface area contributed by atoms with Crippen LogP contribution < -0.4 is 10.1 Å². The Morgan fingerprint density at radius 1 is 1.00 bits per heavy atom. The molecule has 5 rings (SSSR count). The van der Waals surface area contributed by atoms with Crippen molar-refractivity contribution >= 4 is 34.8 Å². The van der Waals surface area contributed by atoms with Gasteiger partial charge in [-0.05, 0) is 36.4 Å². The Bertz CT molecular complexity index is 1450. The average Bonchev–Trinajstić information content (AvgIpc) is 3.49. The third-order valence-corrected chi connectivity index (χ3v) is 5.63.